The zero-order chi connectivity index (χ0) is 16.8. The number of amides is 2. The van der Waals surface area contributed by atoms with Crippen molar-refractivity contribution in [3.63, 3.8) is 0 Å². The molecule has 3 N–H and O–H groups in total. The third kappa shape index (κ3) is 5.21. The van der Waals surface area contributed by atoms with Gasteiger partial charge in [0.1, 0.15) is 0 Å². The average Bonchev–Trinajstić information content (AvgIpc) is 2.59. The molecule has 1 aromatic rings. The number of halogens is 1. The van der Waals surface area contributed by atoms with Gasteiger partial charge in [-0.15, -0.1) is 12.4 Å². The van der Waals surface area contributed by atoms with Crippen molar-refractivity contribution >= 4 is 24.2 Å². The summed E-state index contributed by atoms with van der Waals surface area (Å²) in [5.74, 6) is 0.206. The van der Waals surface area contributed by atoms with Crippen LogP contribution in [0.1, 0.15) is 53.8 Å². The molecule has 24 heavy (non-hydrogen) atoms. The molecular formula is C18H28ClN3O2. The number of nitrogens with zero attached hydrogens (tertiary/aromatic N) is 1. The molecule has 2 atom stereocenters. The summed E-state index contributed by atoms with van der Waals surface area (Å²) in [5.41, 5.74) is 7.09. The molecular weight excluding hydrogens is 326 g/mol. The average molecular weight is 354 g/mol. The molecule has 6 heteroatoms. The Morgan fingerprint density at radius 1 is 1.38 bits per heavy atom. The number of rotatable bonds is 5. The third-order valence-corrected chi connectivity index (χ3v) is 4.40. The molecule has 0 bridgehead atoms. The lowest BCUT2D eigenvalue weighted by atomic mass is 9.92. The van der Waals surface area contributed by atoms with E-state index in [1.807, 2.05) is 18.7 Å². The Bertz CT molecular complexity index is 563. The fraction of sp³-hybridized carbons (Fsp3) is 0.556. The molecule has 1 fully saturated rings. The number of nitrogens with one attached hydrogen (secondary N) is 1. The topological polar surface area (TPSA) is 75.4 Å². The van der Waals surface area contributed by atoms with E-state index in [4.69, 9.17) is 5.73 Å². The Morgan fingerprint density at radius 2 is 2.08 bits per heavy atom. The van der Waals surface area contributed by atoms with Crippen LogP contribution in [0.5, 0.6) is 0 Å². The Hall–Kier alpha value is -1.59. The fourth-order valence-corrected chi connectivity index (χ4v) is 2.94. The lowest BCUT2D eigenvalue weighted by Gasteiger charge is -2.34. The van der Waals surface area contributed by atoms with Crippen molar-refractivity contribution < 1.29 is 9.59 Å². The minimum atomic E-state index is -0.131. The molecule has 2 amide bonds. The van der Waals surface area contributed by atoms with Crippen LogP contribution in [0, 0.1) is 5.92 Å². The van der Waals surface area contributed by atoms with Crippen LogP contribution in [0.4, 0.5) is 0 Å². The van der Waals surface area contributed by atoms with Gasteiger partial charge in [0.2, 0.25) is 0 Å². The first-order chi connectivity index (χ1) is 11.0. The van der Waals surface area contributed by atoms with Crippen LogP contribution in [0.15, 0.2) is 24.3 Å². The number of nitrogens with two attached hydrogens (primary N) is 1. The van der Waals surface area contributed by atoms with E-state index in [2.05, 4.69) is 5.32 Å². The largest absolute Gasteiger partial charge is 0.352 e. The highest BCUT2D eigenvalue weighted by atomic mass is 35.5. The van der Waals surface area contributed by atoms with Gasteiger partial charge in [-0.3, -0.25) is 9.59 Å². The highest BCUT2D eigenvalue weighted by molar-refractivity contribution is 5.99. The summed E-state index contributed by atoms with van der Waals surface area (Å²) in [5, 5.41) is 2.84. The van der Waals surface area contributed by atoms with Gasteiger partial charge in [-0.1, -0.05) is 13.0 Å². The zero-order valence-electron chi connectivity index (χ0n) is 14.5. The first-order valence-electron chi connectivity index (χ1n) is 8.46. The van der Waals surface area contributed by atoms with Crippen LogP contribution in [0.3, 0.4) is 0 Å². The van der Waals surface area contributed by atoms with Crippen molar-refractivity contribution in [3.8, 4) is 0 Å². The molecule has 5 nitrogen and oxygen atoms in total. The molecule has 2 unspecified atom stereocenters. The van der Waals surface area contributed by atoms with Crippen molar-refractivity contribution in [1.29, 1.82) is 0 Å². The van der Waals surface area contributed by atoms with Crippen LogP contribution >= 0.6 is 12.4 Å². The molecule has 1 aromatic carbocycles. The number of carbonyl (C=O) groups excluding carboxylic acids is 2. The van der Waals surface area contributed by atoms with Gasteiger partial charge in [-0.25, -0.2) is 0 Å². The molecule has 0 aromatic heterocycles. The van der Waals surface area contributed by atoms with Crippen molar-refractivity contribution in [2.45, 2.75) is 39.2 Å². The zero-order valence-corrected chi connectivity index (χ0v) is 15.3. The summed E-state index contributed by atoms with van der Waals surface area (Å²) in [6.45, 7) is 6.10. The smallest absolute Gasteiger partial charge is 0.253 e. The van der Waals surface area contributed by atoms with E-state index in [1.165, 1.54) is 0 Å². The summed E-state index contributed by atoms with van der Waals surface area (Å²) in [6.07, 6.45) is 2.94. The quantitative estimate of drug-likeness (QED) is 0.853. The number of hydrogen-bond acceptors (Lipinski definition) is 3. The first-order valence-corrected chi connectivity index (χ1v) is 8.46. The van der Waals surface area contributed by atoms with Gasteiger partial charge in [0.05, 0.1) is 0 Å². The minimum Gasteiger partial charge on any atom is -0.352 e. The molecule has 0 radical (unpaired) electrons. The fourth-order valence-electron chi connectivity index (χ4n) is 2.94. The SMILES string of the molecule is CCCNC(=O)c1cccc(C(=O)N2CCCC(C(C)N)C2)c1.Cl. The van der Waals surface area contributed by atoms with Crippen LogP contribution < -0.4 is 11.1 Å². The van der Waals surface area contributed by atoms with Crippen molar-refractivity contribution in [2.75, 3.05) is 19.6 Å². The lowest BCUT2D eigenvalue weighted by Crippen LogP contribution is -2.45. The van der Waals surface area contributed by atoms with E-state index >= 15 is 0 Å². The van der Waals surface area contributed by atoms with E-state index in [0.29, 0.717) is 30.1 Å². The van der Waals surface area contributed by atoms with Gasteiger partial charge in [0.25, 0.3) is 11.8 Å². The number of carbonyl (C=O) groups is 2. The predicted molar refractivity (Wildman–Crippen MR) is 98.6 cm³/mol. The van der Waals surface area contributed by atoms with E-state index in [1.54, 1.807) is 24.3 Å². The van der Waals surface area contributed by atoms with E-state index < -0.39 is 0 Å². The molecule has 134 valence electrons. The molecule has 0 aliphatic carbocycles. The van der Waals surface area contributed by atoms with Gasteiger partial charge in [-0.2, -0.15) is 0 Å². The Labute approximate surface area is 150 Å². The number of likely N-dealkylation sites (tertiary alicyclic amines) is 1. The van der Waals surface area contributed by atoms with Crippen molar-refractivity contribution in [2.24, 2.45) is 11.7 Å². The van der Waals surface area contributed by atoms with E-state index in [0.717, 1.165) is 25.8 Å². The Balaban J connectivity index is 0.00000288. The maximum Gasteiger partial charge on any atom is 0.253 e. The highest BCUT2D eigenvalue weighted by Crippen LogP contribution is 2.21. The van der Waals surface area contributed by atoms with Crippen molar-refractivity contribution in [1.82, 2.24) is 10.2 Å². The van der Waals surface area contributed by atoms with E-state index in [-0.39, 0.29) is 30.3 Å². The first kappa shape index (κ1) is 20.5. The van der Waals surface area contributed by atoms with Crippen LogP contribution in [-0.4, -0.2) is 42.4 Å². The molecule has 1 saturated heterocycles. The summed E-state index contributed by atoms with van der Waals surface area (Å²) in [6, 6.07) is 7.05. The molecule has 1 heterocycles. The summed E-state index contributed by atoms with van der Waals surface area (Å²) in [4.78, 5) is 26.6. The summed E-state index contributed by atoms with van der Waals surface area (Å²) >= 11 is 0. The Morgan fingerprint density at radius 3 is 2.75 bits per heavy atom. The second kappa shape index (κ2) is 9.64. The maximum absolute atomic E-state index is 12.7. The molecule has 1 aliphatic rings. The van der Waals surface area contributed by atoms with Gasteiger partial charge >= 0.3 is 0 Å². The van der Waals surface area contributed by atoms with E-state index in [9.17, 15) is 9.59 Å². The third-order valence-electron chi connectivity index (χ3n) is 4.40. The van der Waals surface area contributed by atoms with Crippen LogP contribution in [-0.2, 0) is 0 Å². The normalized spacial score (nSPS) is 18.5. The maximum atomic E-state index is 12.7. The van der Waals surface area contributed by atoms with Crippen LogP contribution in [0.2, 0.25) is 0 Å². The van der Waals surface area contributed by atoms with Gasteiger partial charge < -0.3 is 16.0 Å². The number of hydrogen-bond donors (Lipinski definition) is 2. The molecule has 2 rings (SSSR count). The number of piperidine rings is 1. The molecule has 0 saturated carbocycles. The Kier molecular flexibility index (Phi) is 8.22. The second-order valence-corrected chi connectivity index (χ2v) is 6.35. The minimum absolute atomic E-state index is 0. The second-order valence-electron chi connectivity index (χ2n) is 6.35. The lowest BCUT2D eigenvalue weighted by molar-refractivity contribution is 0.0661. The number of benzene rings is 1. The standard InChI is InChI=1S/C18H27N3O2.ClH/c1-3-9-20-17(22)14-6-4-7-15(11-14)18(23)21-10-5-8-16(12-21)13(2)19;/h4,6-7,11,13,16H,3,5,8-10,12,19H2,1-2H3,(H,20,22);1H. The van der Waals surface area contributed by atoms with Crippen molar-refractivity contribution in [3.05, 3.63) is 35.4 Å². The molecule has 1 aliphatic heterocycles. The highest BCUT2D eigenvalue weighted by Gasteiger charge is 2.26. The monoisotopic (exact) mass is 353 g/mol. The summed E-state index contributed by atoms with van der Waals surface area (Å²) in [7, 11) is 0. The van der Waals surface area contributed by atoms with Gasteiger partial charge in [0.15, 0.2) is 0 Å². The van der Waals surface area contributed by atoms with Crippen LogP contribution in [0.25, 0.3) is 0 Å². The predicted octanol–water partition coefficient (Wildman–Crippen LogP) is 2.45. The van der Waals surface area contributed by atoms with Gasteiger partial charge in [0, 0.05) is 36.8 Å². The molecule has 0 spiro atoms. The van der Waals surface area contributed by atoms with Gasteiger partial charge in [-0.05, 0) is 50.3 Å². The summed E-state index contributed by atoms with van der Waals surface area (Å²) < 4.78 is 0.